The van der Waals surface area contributed by atoms with Gasteiger partial charge in [0.2, 0.25) is 5.91 Å². The van der Waals surface area contributed by atoms with E-state index in [0.29, 0.717) is 23.9 Å². The van der Waals surface area contributed by atoms with Crippen LogP contribution in [-0.4, -0.2) is 40.4 Å². The maximum absolute atomic E-state index is 11.7. The smallest absolute Gasteiger partial charge is 0.253 e. The van der Waals surface area contributed by atoms with Crippen LogP contribution in [0.25, 0.3) is 0 Å². The minimum absolute atomic E-state index is 0.0270. The van der Waals surface area contributed by atoms with Crippen molar-refractivity contribution in [1.82, 2.24) is 9.97 Å². The van der Waals surface area contributed by atoms with Gasteiger partial charge in [0.25, 0.3) is 5.56 Å². The fraction of sp³-hybridized carbons (Fsp3) is 0.500. The molecule has 0 bridgehead atoms. The van der Waals surface area contributed by atoms with E-state index in [2.05, 4.69) is 9.97 Å². The van der Waals surface area contributed by atoms with Crippen molar-refractivity contribution in [2.45, 2.75) is 11.6 Å². The van der Waals surface area contributed by atoms with Crippen LogP contribution < -0.4 is 10.5 Å². The minimum atomic E-state index is -0.278. The summed E-state index contributed by atoms with van der Waals surface area (Å²) in [4.78, 5) is 31.3. The number of carbonyl (C=O) groups is 1. The average Bonchev–Trinajstić information content (AvgIpc) is 2.69. The first-order chi connectivity index (χ1) is 8.13. The predicted molar refractivity (Wildman–Crippen MR) is 64.2 cm³/mol. The largest absolute Gasteiger partial charge is 0.396 e. The molecule has 1 unspecified atom stereocenters. The maximum Gasteiger partial charge on any atom is 0.253 e. The van der Waals surface area contributed by atoms with Gasteiger partial charge in [-0.15, -0.1) is 0 Å². The zero-order valence-corrected chi connectivity index (χ0v) is 10.2. The number of amides is 1. The summed E-state index contributed by atoms with van der Waals surface area (Å²) in [7, 11) is 0. The van der Waals surface area contributed by atoms with E-state index in [1.165, 1.54) is 22.7 Å². The molecule has 2 rings (SSSR count). The number of hydrogen-bond donors (Lipinski definition) is 2. The van der Waals surface area contributed by atoms with E-state index in [4.69, 9.17) is 5.11 Å². The Balaban J connectivity index is 2.31. The molecule has 1 saturated heterocycles. The first kappa shape index (κ1) is 12.1. The highest BCUT2D eigenvalue weighted by molar-refractivity contribution is 7.98. The van der Waals surface area contributed by atoms with Crippen LogP contribution in [0.15, 0.2) is 16.0 Å². The van der Waals surface area contributed by atoms with E-state index < -0.39 is 0 Å². The molecule has 1 aliphatic rings. The monoisotopic (exact) mass is 255 g/mol. The lowest BCUT2D eigenvalue weighted by Crippen LogP contribution is -2.27. The lowest BCUT2D eigenvalue weighted by Gasteiger charge is -2.15. The molecule has 1 amide bonds. The summed E-state index contributed by atoms with van der Waals surface area (Å²) in [6.45, 7) is 0.389. The third kappa shape index (κ3) is 2.50. The molecule has 0 spiro atoms. The molecular weight excluding hydrogens is 242 g/mol. The standard InChI is InChI=1S/C10H13N3O3S/c1-17-10-11-7(3-8(15)12-10)13-4-6(5-14)2-9(13)16/h3,6,14H,2,4-5H2,1H3,(H,11,12,15). The molecule has 0 radical (unpaired) electrons. The van der Waals surface area contributed by atoms with Gasteiger partial charge < -0.3 is 10.1 Å². The number of carbonyl (C=O) groups excluding carboxylic acids is 1. The first-order valence-corrected chi connectivity index (χ1v) is 6.43. The number of anilines is 1. The van der Waals surface area contributed by atoms with Gasteiger partial charge in [0.1, 0.15) is 5.82 Å². The second-order valence-electron chi connectivity index (χ2n) is 3.87. The average molecular weight is 255 g/mol. The fourth-order valence-electron chi connectivity index (χ4n) is 1.78. The van der Waals surface area contributed by atoms with Crippen molar-refractivity contribution in [3.8, 4) is 0 Å². The number of H-pyrrole nitrogens is 1. The number of aromatic amines is 1. The van der Waals surface area contributed by atoms with Gasteiger partial charge in [-0.05, 0) is 6.26 Å². The molecule has 7 heteroatoms. The van der Waals surface area contributed by atoms with Crippen LogP contribution in [-0.2, 0) is 4.79 Å². The predicted octanol–water partition coefficient (Wildman–Crippen LogP) is -0.163. The molecule has 2 N–H and O–H groups in total. The Morgan fingerprint density at radius 3 is 3.00 bits per heavy atom. The van der Waals surface area contributed by atoms with Gasteiger partial charge in [0, 0.05) is 31.6 Å². The third-order valence-electron chi connectivity index (χ3n) is 2.64. The zero-order valence-electron chi connectivity index (χ0n) is 9.34. The molecule has 1 atom stereocenters. The lowest BCUT2D eigenvalue weighted by atomic mass is 10.1. The van der Waals surface area contributed by atoms with Crippen molar-refractivity contribution in [1.29, 1.82) is 0 Å². The summed E-state index contributed by atoms with van der Waals surface area (Å²) in [5, 5.41) is 9.51. The molecule has 1 aromatic rings. The second kappa shape index (κ2) is 4.89. The number of aromatic nitrogens is 2. The number of nitrogens with one attached hydrogen (secondary N) is 1. The van der Waals surface area contributed by atoms with Crippen molar-refractivity contribution in [3.05, 3.63) is 16.4 Å². The highest BCUT2D eigenvalue weighted by atomic mass is 32.2. The number of rotatable bonds is 3. The number of aliphatic hydroxyl groups is 1. The van der Waals surface area contributed by atoms with Crippen molar-refractivity contribution >= 4 is 23.5 Å². The van der Waals surface area contributed by atoms with E-state index >= 15 is 0 Å². The highest BCUT2D eigenvalue weighted by Crippen LogP contribution is 2.23. The normalized spacial score (nSPS) is 20.0. The van der Waals surface area contributed by atoms with Crippen LogP contribution >= 0.6 is 11.8 Å². The second-order valence-corrected chi connectivity index (χ2v) is 4.66. The summed E-state index contributed by atoms with van der Waals surface area (Å²) in [5.41, 5.74) is -0.278. The van der Waals surface area contributed by atoms with Gasteiger partial charge in [0.15, 0.2) is 5.16 Å². The molecule has 1 fully saturated rings. The van der Waals surface area contributed by atoms with Crippen LogP contribution in [0, 0.1) is 5.92 Å². The van der Waals surface area contributed by atoms with E-state index in [9.17, 15) is 9.59 Å². The molecule has 0 aliphatic carbocycles. The molecule has 6 nitrogen and oxygen atoms in total. The first-order valence-electron chi connectivity index (χ1n) is 5.20. The van der Waals surface area contributed by atoms with Gasteiger partial charge in [-0.25, -0.2) is 4.98 Å². The van der Waals surface area contributed by atoms with Gasteiger partial charge in [-0.1, -0.05) is 11.8 Å². The molecule has 17 heavy (non-hydrogen) atoms. The molecule has 0 aromatic carbocycles. The summed E-state index contributed by atoms with van der Waals surface area (Å²) < 4.78 is 0. The van der Waals surface area contributed by atoms with Crippen LogP contribution in [0.2, 0.25) is 0 Å². The van der Waals surface area contributed by atoms with Crippen LogP contribution in [0.4, 0.5) is 5.82 Å². The maximum atomic E-state index is 11.7. The van der Waals surface area contributed by atoms with Gasteiger partial charge in [-0.2, -0.15) is 0 Å². The molecule has 1 aromatic heterocycles. The Bertz CT molecular complexity index is 488. The Morgan fingerprint density at radius 1 is 1.65 bits per heavy atom. The Morgan fingerprint density at radius 2 is 2.41 bits per heavy atom. The summed E-state index contributed by atoms with van der Waals surface area (Å²) in [6.07, 6.45) is 2.10. The van der Waals surface area contributed by atoms with E-state index in [0.717, 1.165) is 0 Å². The molecule has 1 aliphatic heterocycles. The van der Waals surface area contributed by atoms with Crippen LogP contribution in [0.3, 0.4) is 0 Å². The third-order valence-corrected chi connectivity index (χ3v) is 3.22. The van der Waals surface area contributed by atoms with Crippen molar-refractivity contribution in [2.24, 2.45) is 5.92 Å². The topological polar surface area (TPSA) is 86.3 Å². The number of aliphatic hydroxyl groups excluding tert-OH is 1. The summed E-state index contributed by atoms with van der Waals surface area (Å²) in [5.74, 6) is 0.189. The Labute approximate surface area is 102 Å². The van der Waals surface area contributed by atoms with Gasteiger partial charge in [-0.3, -0.25) is 14.5 Å². The number of thioether (sulfide) groups is 1. The lowest BCUT2D eigenvalue weighted by molar-refractivity contribution is -0.117. The highest BCUT2D eigenvalue weighted by Gasteiger charge is 2.31. The van der Waals surface area contributed by atoms with Crippen molar-refractivity contribution in [2.75, 3.05) is 24.3 Å². The zero-order chi connectivity index (χ0) is 12.4. The quantitative estimate of drug-likeness (QED) is 0.579. The van der Waals surface area contributed by atoms with E-state index in [-0.39, 0.29) is 24.0 Å². The molecule has 92 valence electrons. The van der Waals surface area contributed by atoms with E-state index in [1.807, 2.05) is 0 Å². The van der Waals surface area contributed by atoms with Crippen molar-refractivity contribution < 1.29 is 9.90 Å². The van der Waals surface area contributed by atoms with Gasteiger partial charge >= 0.3 is 0 Å². The van der Waals surface area contributed by atoms with Crippen LogP contribution in [0.1, 0.15) is 6.42 Å². The SMILES string of the molecule is CSc1nc(N2CC(CO)CC2=O)cc(=O)[nH]1. The molecule has 0 saturated carbocycles. The van der Waals surface area contributed by atoms with Crippen molar-refractivity contribution in [3.63, 3.8) is 0 Å². The summed E-state index contributed by atoms with van der Waals surface area (Å²) in [6, 6.07) is 1.30. The number of hydrogen-bond acceptors (Lipinski definition) is 5. The van der Waals surface area contributed by atoms with Gasteiger partial charge in [0.05, 0.1) is 0 Å². The molecular formula is C10H13N3O3S. The number of nitrogens with zero attached hydrogens (tertiary/aromatic N) is 2. The Hall–Kier alpha value is -1.34. The molecule has 2 heterocycles. The minimum Gasteiger partial charge on any atom is -0.396 e. The van der Waals surface area contributed by atoms with Crippen LogP contribution in [0.5, 0.6) is 0 Å². The fourth-order valence-corrected chi connectivity index (χ4v) is 2.17. The van der Waals surface area contributed by atoms with E-state index in [1.54, 1.807) is 6.26 Å². The Kier molecular flexibility index (Phi) is 3.49. The summed E-state index contributed by atoms with van der Waals surface area (Å²) >= 11 is 1.31.